The summed E-state index contributed by atoms with van der Waals surface area (Å²) in [5.41, 5.74) is 3.61. The number of benzene rings is 2. The van der Waals surface area contributed by atoms with Crippen LogP contribution in [0.2, 0.25) is 0 Å². The van der Waals surface area contributed by atoms with Crippen LogP contribution in [-0.2, 0) is 25.5 Å². The van der Waals surface area contributed by atoms with Crippen molar-refractivity contribution in [1.29, 1.82) is 0 Å². The normalized spacial score (nSPS) is 22.5. The molecule has 2 aliphatic heterocycles. The van der Waals surface area contributed by atoms with Crippen LogP contribution in [0.5, 0.6) is 23.0 Å². The summed E-state index contributed by atoms with van der Waals surface area (Å²) in [6, 6.07) is 7.43. The fourth-order valence-corrected chi connectivity index (χ4v) is 4.90. The third-order valence-corrected chi connectivity index (χ3v) is 6.81. The lowest BCUT2D eigenvalue weighted by Crippen LogP contribution is -2.30. The molecule has 3 atom stereocenters. The highest BCUT2D eigenvalue weighted by atomic mass is 16.7. The Bertz CT molecular complexity index is 1200. The van der Waals surface area contributed by atoms with Gasteiger partial charge in [-0.05, 0) is 49.6 Å². The van der Waals surface area contributed by atoms with Crippen molar-refractivity contribution in [3.05, 3.63) is 47.0 Å². The van der Waals surface area contributed by atoms with Gasteiger partial charge in [0.05, 0.1) is 26.7 Å². The summed E-state index contributed by atoms with van der Waals surface area (Å²) >= 11 is 0. The van der Waals surface area contributed by atoms with Crippen LogP contribution >= 0.6 is 0 Å². The molecule has 2 heterocycles. The number of carbonyl (C=O) groups excluding carboxylic acids is 2. The monoisotopic (exact) mass is 466 g/mol. The van der Waals surface area contributed by atoms with E-state index in [0.717, 1.165) is 16.7 Å². The lowest BCUT2D eigenvalue weighted by atomic mass is 9.76. The second-order valence-corrected chi connectivity index (χ2v) is 8.53. The van der Waals surface area contributed by atoms with Gasteiger partial charge in [-0.25, -0.2) is 4.79 Å². The first kappa shape index (κ1) is 22.1. The number of fused-ring (bicyclic) bond motifs is 5. The Labute approximate surface area is 197 Å². The molecule has 0 N–H and O–H groups in total. The van der Waals surface area contributed by atoms with Crippen LogP contribution in [0.3, 0.4) is 0 Å². The summed E-state index contributed by atoms with van der Waals surface area (Å²) in [5, 5.41) is 0. The van der Waals surface area contributed by atoms with Gasteiger partial charge in [0.15, 0.2) is 23.0 Å². The Morgan fingerprint density at radius 2 is 1.85 bits per heavy atom. The van der Waals surface area contributed by atoms with Crippen molar-refractivity contribution in [2.24, 2.45) is 11.8 Å². The summed E-state index contributed by atoms with van der Waals surface area (Å²) in [7, 11) is 3.14. The van der Waals surface area contributed by atoms with E-state index in [-0.39, 0.29) is 25.3 Å². The third kappa shape index (κ3) is 3.45. The highest BCUT2D eigenvalue weighted by Gasteiger charge is 2.47. The van der Waals surface area contributed by atoms with Gasteiger partial charge in [0.1, 0.15) is 6.10 Å². The molecule has 8 nitrogen and oxygen atoms in total. The molecule has 0 saturated carbocycles. The second kappa shape index (κ2) is 8.59. The van der Waals surface area contributed by atoms with Crippen molar-refractivity contribution >= 4 is 11.9 Å². The SMILES string of the molecule is CC=C(C)C(=O)O[C@@H]1c2ccc(OC)c(OC)c2-c2cc3c(cc2C[C@H]2C(=O)OC[C@H]12)OCO3. The van der Waals surface area contributed by atoms with Crippen molar-refractivity contribution in [3.8, 4) is 34.1 Å². The molecule has 0 bridgehead atoms. The van der Waals surface area contributed by atoms with E-state index >= 15 is 0 Å². The van der Waals surface area contributed by atoms with Crippen molar-refractivity contribution < 1.29 is 38.0 Å². The number of esters is 2. The second-order valence-electron chi connectivity index (χ2n) is 8.53. The first-order valence-corrected chi connectivity index (χ1v) is 11.1. The molecule has 5 rings (SSSR count). The molecule has 0 radical (unpaired) electrons. The molecule has 0 unspecified atom stereocenters. The highest BCUT2D eigenvalue weighted by Crippen LogP contribution is 2.53. The van der Waals surface area contributed by atoms with Gasteiger partial charge in [-0.3, -0.25) is 4.79 Å². The van der Waals surface area contributed by atoms with Gasteiger partial charge in [-0.1, -0.05) is 12.1 Å². The summed E-state index contributed by atoms with van der Waals surface area (Å²) in [4.78, 5) is 25.7. The largest absolute Gasteiger partial charge is 0.493 e. The maximum absolute atomic E-state index is 12.9. The van der Waals surface area contributed by atoms with Crippen LogP contribution in [-0.4, -0.2) is 39.6 Å². The molecule has 2 aromatic rings. The van der Waals surface area contributed by atoms with Crippen LogP contribution in [0.4, 0.5) is 0 Å². The molecule has 1 aliphatic carbocycles. The van der Waals surface area contributed by atoms with Crippen molar-refractivity contribution in [3.63, 3.8) is 0 Å². The smallest absolute Gasteiger partial charge is 0.333 e. The highest BCUT2D eigenvalue weighted by molar-refractivity contribution is 5.89. The number of hydrogen-bond donors (Lipinski definition) is 0. The first-order valence-electron chi connectivity index (χ1n) is 11.1. The van der Waals surface area contributed by atoms with Crippen molar-refractivity contribution in [2.45, 2.75) is 26.4 Å². The molecule has 0 aromatic heterocycles. The maximum Gasteiger partial charge on any atom is 0.333 e. The van der Waals surface area contributed by atoms with Crippen LogP contribution < -0.4 is 18.9 Å². The fourth-order valence-electron chi connectivity index (χ4n) is 4.90. The number of allylic oxidation sites excluding steroid dienone is 1. The Balaban J connectivity index is 1.79. The van der Waals surface area contributed by atoms with Crippen LogP contribution in [0.15, 0.2) is 35.9 Å². The molecule has 1 saturated heterocycles. The molecule has 3 aliphatic rings. The zero-order chi connectivity index (χ0) is 24.0. The van der Waals surface area contributed by atoms with Gasteiger partial charge in [-0.15, -0.1) is 0 Å². The predicted octanol–water partition coefficient (Wildman–Crippen LogP) is 4.00. The lowest BCUT2D eigenvalue weighted by molar-refractivity contribution is -0.149. The van der Waals surface area contributed by atoms with Gasteiger partial charge in [0.2, 0.25) is 6.79 Å². The van der Waals surface area contributed by atoms with Gasteiger partial charge in [0.25, 0.3) is 0 Å². The summed E-state index contributed by atoms with van der Waals surface area (Å²) in [6.07, 6.45) is 1.36. The van der Waals surface area contributed by atoms with Gasteiger partial charge in [-0.2, -0.15) is 0 Å². The molecular formula is C26H26O8. The molecular weight excluding hydrogens is 440 g/mol. The van der Waals surface area contributed by atoms with E-state index in [4.69, 9.17) is 28.4 Å². The Morgan fingerprint density at radius 1 is 1.09 bits per heavy atom. The Kier molecular flexibility index (Phi) is 5.59. The molecule has 34 heavy (non-hydrogen) atoms. The van der Waals surface area contributed by atoms with Crippen LogP contribution in [0, 0.1) is 11.8 Å². The quantitative estimate of drug-likeness (QED) is 0.494. The number of hydrogen-bond acceptors (Lipinski definition) is 8. The van der Waals surface area contributed by atoms with E-state index in [1.807, 2.05) is 18.2 Å². The number of carbonyl (C=O) groups is 2. The van der Waals surface area contributed by atoms with Crippen LogP contribution in [0.1, 0.15) is 31.1 Å². The van der Waals surface area contributed by atoms with Gasteiger partial charge < -0.3 is 28.4 Å². The van der Waals surface area contributed by atoms with Crippen LogP contribution in [0.25, 0.3) is 11.1 Å². The number of rotatable bonds is 4. The summed E-state index contributed by atoms with van der Waals surface area (Å²) in [5.74, 6) is 0.666. The third-order valence-electron chi connectivity index (χ3n) is 6.81. The van der Waals surface area contributed by atoms with Gasteiger partial charge in [0, 0.05) is 22.6 Å². The first-order chi connectivity index (χ1) is 16.5. The molecule has 1 fully saturated rings. The molecule has 0 spiro atoms. The molecule has 2 aromatic carbocycles. The molecule has 8 heteroatoms. The topological polar surface area (TPSA) is 89.5 Å². The Hall–Kier alpha value is -3.68. The zero-order valence-corrected chi connectivity index (χ0v) is 19.5. The molecule has 178 valence electrons. The standard InChI is InChI=1S/C26H26O8/c1-5-13(2)25(27)34-23-15-6-7-19(29-3)24(30-4)22(15)16-10-21-20(32-12-33-21)9-14(16)8-17-18(23)11-31-26(17)28/h5-7,9-10,17-18,23H,8,11-12H2,1-4H3/t17-,18+,23-/m1/s1. The van der Waals surface area contributed by atoms with E-state index < -0.39 is 18.0 Å². The number of ether oxygens (including phenoxy) is 6. The van der Waals surface area contributed by atoms with E-state index in [0.29, 0.717) is 40.6 Å². The molecule has 0 amide bonds. The van der Waals surface area contributed by atoms with E-state index in [9.17, 15) is 9.59 Å². The minimum atomic E-state index is -0.729. The summed E-state index contributed by atoms with van der Waals surface area (Å²) < 4.78 is 34.2. The minimum absolute atomic E-state index is 0.122. The Morgan fingerprint density at radius 3 is 2.56 bits per heavy atom. The van der Waals surface area contributed by atoms with E-state index in [1.54, 1.807) is 40.2 Å². The predicted molar refractivity (Wildman–Crippen MR) is 121 cm³/mol. The lowest BCUT2D eigenvalue weighted by Gasteiger charge is -2.32. The minimum Gasteiger partial charge on any atom is -0.493 e. The maximum atomic E-state index is 12.9. The zero-order valence-electron chi connectivity index (χ0n) is 19.5. The van der Waals surface area contributed by atoms with Crippen molar-refractivity contribution in [2.75, 3.05) is 27.6 Å². The summed E-state index contributed by atoms with van der Waals surface area (Å²) in [6.45, 7) is 3.76. The van der Waals surface area contributed by atoms with Gasteiger partial charge >= 0.3 is 11.9 Å². The fraction of sp³-hybridized carbons (Fsp3) is 0.385. The van der Waals surface area contributed by atoms with E-state index in [1.165, 1.54) is 0 Å². The average molecular weight is 466 g/mol. The van der Waals surface area contributed by atoms with E-state index in [2.05, 4.69) is 0 Å². The number of methoxy groups -OCH3 is 2. The number of cyclic esters (lactones) is 1. The van der Waals surface area contributed by atoms with Crippen molar-refractivity contribution in [1.82, 2.24) is 0 Å². The average Bonchev–Trinajstić information content (AvgIpc) is 3.45.